The molecule has 90 valence electrons. The van der Waals surface area contributed by atoms with Crippen molar-refractivity contribution in [2.75, 3.05) is 28.7 Å². The number of hydrogen-bond donors (Lipinski definition) is 5. The van der Waals surface area contributed by atoms with Crippen LogP contribution in [-0.2, 0) is 0 Å². The summed E-state index contributed by atoms with van der Waals surface area (Å²) in [5.74, 6) is 0.125. The number of aromatic nitrogens is 3. The summed E-state index contributed by atoms with van der Waals surface area (Å²) < 4.78 is 0. The molecule has 0 fully saturated rings. The van der Waals surface area contributed by atoms with Crippen molar-refractivity contribution in [3.63, 3.8) is 0 Å². The highest BCUT2D eigenvalue weighted by atomic mass is 15.2. The Balaban J connectivity index is 0.000000171. The Hall–Kier alpha value is -2.77. The first-order chi connectivity index (χ1) is 7.99. The molecule has 1 aromatic heterocycles. The number of nitrogens with zero attached hydrogens (tertiary/aromatic N) is 3. The van der Waals surface area contributed by atoms with Crippen LogP contribution in [0.5, 0.6) is 0 Å². The van der Waals surface area contributed by atoms with Gasteiger partial charge in [0.15, 0.2) is 0 Å². The zero-order chi connectivity index (χ0) is 12.8. The molecule has 0 aliphatic rings. The van der Waals surface area contributed by atoms with Gasteiger partial charge in [0.05, 0.1) is 11.4 Å². The van der Waals surface area contributed by atoms with Crippen LogP contribution in [-0.4, -0.2) is 15.0 Å². The van der Waals surface area contributed by atoms with Crippen molar-refractivity contribution in [3.8, 4) is 0 Å². The minimum Gasteiger partial charge on any atom is -0.397 e. The third-order valence-electron chi connectivity index (χ3n) is 1.68. The molecule has 0 radical (unpaired) electrons. The lowest BCUT2D eigenvalue weighted by Gasteiger charge is -1.94. The Morgan fingerprint density at radius 1 is 0.588 bits per heavy atom. The summed E-state index contributed by atoms with van der Waals surface area (Å²) in [6.07, 6.45) is 0. The number of para-hydroxylation sites is 2. The third kappa shape index (κ3) is 4.08. The molecule has 8 nitrogen and oxygen atoms in total. The molecule has 0 spiro atoms. The van der Waals surface area contributed by atoms with Gasteiger partial charge >= 0.3 is 0 Å². The van der Waals surface area contributed by atoms with Crippen molar-refractivity contribution in [2.24, 2.45) is 0 Å². The van der Waals surface area contributed by atoms with E-state index in [2.05, 4.69) is 15.0 Å². The van der Waals surface area contributed by atoms with Crippen molar-refractivity contribution < 1.29 is 0 Å². The third-order valence-corrected chi connectivity index (χ3v) is 1.68. The summed E-state index contributed by atoms with van der Waals surface area (Å²) in [4.78, 5) is 10.5. The largest absolute Gasteiger partial charge is 0.397 e. The first-order valence-corrected chi connectivity index (χ1v) is 4.61. The zero-order valence-electron chi connectivity index (χ0n) is 9.04. The first-order valence-electron chi connectivity index (χ1n) is 4.61. The molecule has 8 heteroatoms. The van der Waals surface area contributed by atoms with E-state index in [1.54, 1.807) is 12.1 Å². The number of nitrogen functional groups attached to an aromatic ring is 5. The second-order valence-corrected chi connectivity index (χ2v) is 3.04. The average molecular weight is 234 g/mol. The van der Waals surface area contributed by atoms with Crippen LogP contribution in [0.15, 0.2) is 24.3 Å². The zero-order valence-corrected chi connectivity index (χ0v) is 9.04. The van der Waals surface area contributed by atoms with Crippen LogP contribution in [0.25, 0.3) is 0 Å². The molecule has 2 aromatic rings. The molecule has 10 N–H and O–H groups in total. The van der Waals surface area contributed by atoms with Gasteiger partial charge in [0, 0.05) is 0 Å². The summed E-state index contributed by atoms with van der Waals surface area (Å²) in [6, 6.07) is 7.25. The van der Waals surface area contributed by atoms with E-state index in [-0.39, 0.29) is 17.8 Å². The summed E-state index contributed by atoms with van der Waals surface area (Å²) in [7, 11) is 0. The monoisotopic (exact) mass is 234 g/mol. The highest BCUT2D eigenvalue weighted by Crippen LogP contribution is 2.10. The summed E-state index contributed by atoms with van der Waals surface area (Å²) >= 11 is 0. The van der Waals surface area contributed by atoms with Gasteiger partial charge in [0.2, 0.25) is 17.8 Å². The van der Waals surface area contributed by atoms with E-state index in [4.69, 9.17) is 28.7 Å². The molecule has 1 heterocycles. The molecule has 0 amide bonds. The molecule has 0 saturated heterocycles. The van der Waals surface area contributed by atoms with Crippen LogP contribution < -0.4 is 28.7 Å². The van der Waals surface area contributed by atoms with Gasteiger partial charge in [0.25, 0.3) is 0 Å². The van der Waals surface area contributed by atoms with E-state index in [1.165, 1.54) is 0 Å². The van der Waals surface area contributed by atoms with Gasteiger partial charge in [-0.15, -0.1) is 0 Å². The Morgan fingerprint density at radius 2 is 0.882 bits per heavy atom. The predicted octanol–water partition coefficient (Wildman–Crippen LogP) is -0.531. The van der Waals surface area contributed by atoms with E-state index in [0.717, 1.165) is 0 Å². The smallest absolute Gasteiger partial charge is 0.226 e. The van der Waals surface area contributed by atoms with Crippen LogP contribution in [0.4, 0.5) is 29.2 Å². The Kier molecular flexibility index (Phi) is 3.87. The van der Waals surface area contributed by atoms with Gasteiger partial charge in [0.1, 0.15) is 0 Å². The maximum absolute atomic E-state index is 5.39. The Morgan fingerprint density at radius 3 is 1.12 bits per heavy atom. The molecular formula is C9H14N8. The van der Waals surface area contributed by atoms with Crippen LogP contribution in [0, 0.1) is 0 Å². The summed E-state index contributed by atoms with van der Waals surface area (Å²) in [5, 5.41) is 0. The van der Waals surface area contributed by atoms with Crippen molar-refractivity contribution in [3.05, 3.63) is 24.3 Å². The second kappa shape index (κ2) is 5.35. The van der Waals surface area contributed by atoms with E-state index >= 15 is 0 Å². The SMILES string of the molecule is Nc1ccccc1N.Nc1nc(N)nc(N)n1. The van der Waals surface area contributed by atoms with E-state index in [9.17, 15) is 0 Å². The summed E-state index contributed by atoms with van der Waals surface area (Å²) in [6.45, 7) is 0. The van der Waals surface area contributed by atoms with Gasteiger partial charge in [-0.1, -0.05) is 12.1 Å². The summed E-state index contributed by atoms with van der Waals surface area (Å²) in [5.41, 5.74) is 27.5. The molecule has 0 bridgehead atoms. The lowest BCUT2D eigenvalue weighted by molar-refractivity contribution is 1.09. The average Bonchev–Trinajstić information content (AvgIpc) is 2.21. The Labute approximate surface area is 97.9 Å². The molecule has 2 rings (SSSR count). The minimum atomic E-state index is 0.0417. The van der Waals surface area contributed by atoms with Crippen LogP contribution in [0.3, 0.4) is 0 Å². The lowest BCUT2D eigenvalue weighted by atomic mass is 10.3. The van der Waals surface area contributed by atoms with Crippen molar-refractivity contribution in [2.45, 2.75) is 0 Å². The standard InChI is InChI=1S/C6H8N2.C3H6N6/c7-5-3-1-2-4-6(5)8;4-1-7-2(5)9-3(6)8-1/h1-4H,7-8H2;(H6,4,5,6,7,8,9). The van der Waals surface area contributed by atoms with E-state index in [1.807, 2.05) is 12.1 Å². The molecule has 0 unspecified atom stereocenters. The highest BCUT2D eigenvalue weighted by molar-refractivity contribution is 5.62. The maximum Gasteiger partial charge on any atom is 0.226 e. The lowest BCUT2D eigenvalue weighted by Crippen LogP contribution is -2.05. The first kappa shape index (κ1) is 12.3. The van der Waals surface area contributed by atoms with Gasteiger partial charge < -0.3 is 28.7 Å². The normalized spacial score (nSPS) is 9.18. The highest BCUT2D eigenvalue weighted by Gasteiger charge is 1.93. The van der Waals surface area contributed by atoms with E-state index in [0.29, 0.717) is 11.4 Å². The van der Waals surface area contributed by atoms with Crippen LogP contribution >= 0.6 is 0 Å². The van der Waals surface area contributed by atoms with Crippen molar-refractivity contribution in [1.29, 1.82) is 0 Å². The number of nitrogens with two attached hydrogens (primary N) is 5. The number of anilines is 5. The quantitative estimate of drug-likeness (QED) is 0.379. The number of rotatable bonds is 0. The van der Waals surface area contributed by atoms with Gasteiger partial charge in [-0.3, -0.25) is 0 Å². The van der Waals surface area contributed by atoms with Crippen LogP contribution in [0.2, 0.25) is 0 Å². The van der Waals surface area contributed by atoms with Gasteiger partial charge in [-0.05, 0) is 12.1 Å². The van der Waals surface area contributed by atoms with Crippen LogP contribution in [0.1, 0.15) is 0 Å². The topological polar surface area (TPSA) is 169 Å². The van der Waals surface area contributed by atoms with Crippen molar-refractivity contribution >= 4 is 29.2 Å². The molecule has 0 aliphatic heterocycles. The Bertz CT molecular complexity index is 427. The maximum atomic E-state index is 5.39. The molecule has 0 atom stereocenters. The molecular weight excluding hydrogens is 220 g/mol. The minimum absolute atomic E-state index is 0.0417. The predicted molar refractivity (Wildman–Crippen MR) is 68.3 cm³/mol. The van der Waals surface area contributed by atoms with Gasteiger partial charge in [-0.25, -0.2) is 0 Å². The second-order valence-electron chi connectivity index (χ2n) is 3.04. The number of benzene rings is 1. The molecule has 1 aromatic carbocycles. The van der Waals surface area contributed by atoms with Crippen molar-refractivity contribution in [1.82, 2.24) is 15.0 Å². The molecule has 0 saturated carbocycles. The van der Waals surface area contributed by atoms with Gasteiger partial charge in [-0.2, -0.15) is 15.0 Å². The van der Waals surface area contributed by atoms with E-state index < -0.39 is 0 Å². The molecule has 17 heavy (non-hydrogen) atoms. The fourth-order valence-corrected chi connectivity index (χ4v) is 0.938. The molecule has 0 aliphatic carbocycles. The number of hydrogen-bond acceptors (Lipinski definition) is 8. The fourth-order valence-electron chi connectivity index (χ4n) is 0.938. The fraction of sp³-hybridized carbons (Fsp3) is 0.